The van der Waals surface area contributed by atoms with Gasteiger partial charge in [-0.3, -0.25) is 0 Å². The molecule has 4 heterocycles. The Hall–Kier alpha value is -1.88. The van der Waals surface area contributed by atoms with Gasteiger partial charge < -0.3 is 5.11 Å². The van der Waals surface area contributed by atoms with Crippen molar-refractivity contribution in [3.63, 3.8) is 0 Å². The molecular formula is C16H19N5O3S2. The number of rotatable bonds is 4. The van der Waals surface area contributed by atoms with Crippen LogP contribution >= 0.6 is 11.5 Å². The minimum absolute atomic E-state index is 0.0721. The molecule has 0 aromatic carbocycles. The molecule has 8 nitrogen and oxygen atoms in total. The molecule has 4 rings (SSSR count). The van der Waals surface area contributed by atoms with E-state index in [-0.39, 0.29) is 12.5 Å². The highest BCUT2D eigenvalue weighted by molar-refractivity contribution is 7.91. The maximum atomic E-state index is 12.7. The van der Waals surface area contributed by atoms with Gasteiger partial charge in [0.2, 0.25) is 0 Å². The predicted octanol–water partition coefficient (Wildman–Crippen LogP) is 1.55. The second-order valence-electron chi connectivity index (χ2n) is 6.44. The number of aryl methyl sites for hydroxylation is 1. The molecule has 1 aliphatic rings. The second-order valence-corrected chi connectivity index (χ2v) is 9.41. The predicted molar refractivity (Wildman–Crippen MR) is 96.5 cm³/mol. The lowest BCUT2D eigenvalue weighted by Gasteiger charge is -2.31. The van der Waals surface area contributed by atoms with Gasteiger partial charge in [0.05, 0.1) is 12.3 Å². The van der Waals surface area contributed by atoms with Gasteiger partial charge >= 0.3 is 0 Å². The Morgan fingerprint density at radius 2 is 2.08 bits per heavy atom. The van der Waals surface area contributed by atoms with E-state index in [9.17, 15) is 13.5 Å². The summed E-state index contributed by atoms with van der Waals surface area (Å²) in [6.45, 7) is 2.62. The molecule has 0 unspecified atom stereocenters. The molecular weight excluding hydrogens is 374 g/mol. The molecule has 3 aromatic rings. The quantitative estimate of drug-likeness (QED) is 0.722. The number of aromatic nitrogens is 4. The van der Waals surface area contributed by atoms with Crippen LogP contribution in [0.5, 0.6) is 0 Å². The molecule has 0 saturated carbocycles. The van der Waals surface area contributed by atoms with Crippen LogP contribution in [-0.4, -0.2) is 49.9 Å². The molecule has 10 heteroatoms. The maximum Gasteiger partial charge on any atom is 0.254 e. The highest BCUT2D eigenvalue weighted by Gasteiger charge is 2.32. The molecule has 1 aliphatic heterocycles. The second kappa shape index (κ2) is 6.69. The number of nitrogens with zero attached hydrogens (tertiary/aromatic N) is 5. The number of aliphatic hydroxyl groups excluding tert-OH is 1. The third-order valence-electron chi connectivity index (χ3n) is 4.80. The topological polar surface area (TPSA) is 101 Å². The Morgan fingerprint density at radius 3 is 2.73 bits per heavy atom. The van der Waals surface area contributed by atoms with E-state index in [1.54, 1.807) is 17.5 Å². The lowest BCUT2D eigenvalue weighted by atomic mass is 9.88. The first-order valence-electron chi connectivity index (χ1n) is 8.35. The third kappa shape index (κ3) is 3.02. The highest BCUT2D eigenvalue weighted by atomic mass is 32.2. The van der Waals surface area contributed by atoms with Crippen molar-refractivity contribution in [1.29, 1.82) is 0 Å². The van der Waals surface area contributed by atoms with Crippen molar-refractivity contribution >= 4 is 27.2 Å². The lowest BCUT2D eigenvalue weighted by molar-refractivity contribution is 0.275. The van der Waals surface area contributed by atoms with E-state index in [0.717, 1.165) is 28.4 Å². The number of hydrogen-bond acceptors (Lipinski definition) is 7. The van der Waals surface area contributed by atoms with Crippen molar-refractivity contribution in [2.24, 2.45) is 0 Å². The largest absolute Gasteiger partial charge is 0.392 e. The van der Waals surface area contributed by atoms with Crippen LogP contribution in [-0.2, 0) is 16.6 Å². The van der Waals surface area contributed by atoms with Crippen LogP contribution < -0.4 is 0 Å². The fourth-order valence-electron chi connectivity index (χ4n) is 3.42. The highest BCUT2D eigenvalue weighted by Crippen LogP contribution is 2.33. The maximum absolute atomic E-state index is 12.7. The van der Waals surface area contributed by atoms with Crippen LogP contribution in [0.3, 0.4) is 0 Å². The van der Waals surface area contributed by atoms with Gasteiger partial charge in [0.25, 0.3) is 10.0 Å². The van der Waals surface area contributed by atoms with Crippen molar-refractivity contribution in [1.82, 2.24) is 23.3 Å². The van der Waals surface area contributed by atoms with Crippen molar-refractivity contribution in [2.75, 3.05) is 13.1 Å². The number of pyridine rings is 1. The molecule has 0 bridgehead atoms. The zero-order chi connectivity index (χ0) is 18.3. The Morgan fingerprint density at radius 1 is 1.31 bits per heavy atom. The van der Waals surface area contributed by atoms with E-state index in [4.69, 9.17) is 0 Å². The van der Waals surface area contributed by atoms with E-state index >= 15 is 0 Å². The summed E-state index contributed by atoms with van der Waals surface area (Å²) in [5, 5.41) is 13.9. The van der Waals surface area contributed by atoms with Crippen molar-refractivity contribution in [3.05, 3.63) is 41.5 Å². The molecule has 0 spiro atoms. The molecule has 3 aromatic heterocycles. The lowest BCUT2D eigenvalue weighted by Crippen LogP contribution is -2.37. The SMILES string of the molecule is Cc1cc(S(=O)(=O)N2CCC(c3cn4ncnc4cc3CO)CC2)sn1. The van der Waals surface area contributed by atoms with E-state index in [0.29, 0.717) is 35.8 Å². The minimum atomic E-state index is -3.48. The van der Waals surface area contributed by atoms with Gasteiger partial charge in [-0.15, -0.1) is 0 Å². The van der Waals surface area contributed by atoms with Crippen molar-refractivity contribution in [2.45, 2.75) is 36.5 Å². The summed E-state index contributed by atoms with van der Waals surface area (Å²) in [4.78, 5) is 4.14. The summed E-state index contributed by atoms with van der Waals surface area (Å²) in [6.07, 6.45) is 4.77. The standard InChI is InChI=1S/C16H19N5O3S2/c1-11-6-16(25-19-11)26(23,24)20-4-2-12(3-5-20)14-8-21-15(17-10-18-21)7-13(14)9-22/h6-8,10,12,22H,2-5,9H2,1H3. The summed E-state index contributed by atoms with van der Waals surface area (Å²) in [6, 6.07) is 3.46. The number of hydrogen-bond donors (Lipinski definition) is 1. The average molecular weight is 393 g/mol. The molecule has 138 valence electrons. The van der Waals surface area contributed by atoms with Crippen LogP contribution in [0.25, 0.3) is 5.65 Å². The third-order valence-corrected chi connectivity index (χ3v) is 8.00. The van der Waals surface area contributed by atoms with Gasteiger partial charge in [0.15, 0.2) is 9.86 Å². The van der Waals surface area contributed by atoms with Crippen LogP contribution in [0.1, 0.15) is 35.6 Å². The molecule has 0 amide bonds. The number of aliphatic hydroxyl groups is 1. The first kappa shape index (κ1) is 17.5. The molecule has 0 aliphatic carbocycles. The monoisotopic (exact) mass is 393 g/mol. The number of sulfonamides is 1. The van der Waals surface area contributed by atoms with Crippen LogP contribution in [0.15, 0.2) is 28.9 Å². The van der Waals surface area contributed by atoms with Crippen molar-refractivity contribution in [3.8, 4) is 0 Å². The van der Waals surface area contributed by atoms with Gasteiger partial charge in [-0.05, 0) is 60.5 Å². The fourth-order valence-corrected chi connectivity index (χ4v) is 6.00. The first-order valence-corrected chi connectivity index (χ1v) is 10.6. The fraction of sp³-hybridized carbons (Fsp3) is 0.438. The number of piperidine rings is 1. The molecule has 1 N–H and O–H groups in total. The Balaban J connectivity index is 1.55. The summed E-state index contributed by atoms with van der Waals surface area (Å²) in [7, 11) is -3.48. The Bertz CT molecular complexity index is 1040. The average Bonchev–Trinajstić information content (AvgIpc) is 3.29. The zero-order valence-electron chi connectivity index (χ0n) is 14.2. The van der Waals surface area contributed by atoms with Gasteiger partial charge in [0.1, 0.15) is 6.33 Å². The van der Waals surface area contributed by atoms with E-state index in [2.05, 4.69) is 14.5 Å². The smallest absolute Gasteiger partial charge is 0.254 e. The minimum Gasteiger partial charge on any atom is -0.392 e. The van der Waals surface area contributed by atoms with Crippen molar-refractivity contribution < 1.29 is 13.5 Å². The summed E-state index contributed by atoms with van der Waals surface area (Å²) in [5.41, 5.74) is 3.25. The summed E-state index contributed by atoms with van der Waals surface area (Å²) >= 11 is 1.02. The molecule has 0 radical (unpaired) electrons. The molecule has 26 heavy (non-hydrogen) atoms. The summed E-state index contributed by atoms with van der Waals surface area (Å²) in [5.74, 6) is 0.181. The molecule has 1 saturated heterocycles. The van der Waals surface area contributed by atoms with Gasteiger partial charge in [-0.2, -0.15) is 13.8 Å². The van der Waals surface area contributed by atoms with E-state index in [1.807, 2.05) is 12.3 Å². The number of fused-ring (bicyclic) bond motifs is 1. The Labute approximate surface area is 155 Å². The van der Waals surface area contributed by atoms with E-state index < -0.39 is 10.0 Å². The van der Waals surface area contributed by atoms with Crippen LogP contribution in [0.4, 0.5) is 0 Å². The van der Waals surface area contributed by atoms with Crippen LogP contribution in [0.2, 0.25) is 0 Å². The van der Waals surface area contributed by atoms with Crippen LogP contribution in [0, 0.1) is 6.92 Å². The van der Waals surface area contributed by atoms with Gasteiger partial charge in [-0.25, -0.2) is 17.9 Å². The Kier molecular flexibility index (Phi) is 4.51. The summed E-state index contributed by atoms with van der Waals surface area (Å²) < 4.78 is 33.1. The van der Waals surface area contributed by atoms with Gasteiger partial charge in [0, 0.05) is 19.3 Å². The molecule has 1 fully saturated rings. The zero-order valence-corrected chi connectivity index (χ0v) is 15.9. The molecule has 0 atom stereocenters. The van der Waals surface area contributed by atoms with E-state index in [1.165, 1.54) is 10.6 Å². The normalized spacial score (nSPS) is 17.2. The van der Waals surface area contributed by atoms with Gasteiger partial charge in [-0.1, -0.05) is 0 Å². The first-order chi connectivity index (χ1) is 12.5.